The molecule has 6 heteroatoms. The summed E-state index contributed by atoms with van der Waals surface area (Å²) in [5.74, 6) is 0. The van der Waals surface area contributed by atoms with E-state index in [-0.39, 0.29) is 10.3 Å². The lowest BCUT2D eigenvalue weighted by Gasteiger charge is -2.12. The summed E-state index contributed by atoms with van der Waals surface area (Å²) in [6, 6.07) is 19.6. The number of nitrogen functional groups attached to an aromatic ring is 2. The van der Waals surface area contributed by atoms with E-state index in [1.165, 1.54) is 0 Å². The molecule has 0 amide bonds. The number of fused-ring (bicyclic) bond motifs is 1. The molecule has 0 bridgehead atoms. The van der Waals surface area contributed by atoms with Gasteiger partial charge in [-0.15, -0.1) is 5.10 Å². The minimum absolute atomic E-state index is 0.119. The first kappa shape index (κ1) is 15.8. The third kappa shape index (κ3) is 2.48. The predicted octanol–water partition coefficient (Wildman–Crippen LogP) is 3.63. The van der Waals surface area contributed by atoms with Crippen LogP contribution in [0.15, 0.2) is 71.5 Å². The summed E-state index contributed by atoms with van der Waals surface area (Å²) in [7, 11) is 0. The summed E-state index contributed by atoms with van der Waals surface area (Å²) in [5, 5.41) is 4.73. The first-order chi connectivity index (χ1) is 12.6. The molecule has 26 heavy (non-hydrogen) atoms. The van der Waals surface area contributed by atoms with E-state index in [1.54, 1.807) is 36.4 Å². The summed E-state index contributed by atoms with van der Waals surface area (Å²) < 4.78 is 14.1. The van der Waals surface area contributed by atoms with Gasteiger partial charge in [-0.05, 0) is 29.3 Å². The summed E-state index contributed by atoms with van der Waals surface area (Å²) in [6.07, 6.45) is 0. The topological polar surface area (TPSA) is 86.9 Å². The van der Waals surface area contributed by atoms with Crippen LogP contribution in [0, 0.1) is 0 Å². The molecular weight excluding hydrogens is 331 g/mol. The SMILES string of the molecule is Nc1ccc(-c2ccccc2-c2nn(F)c(=O)c3ccccc23)cc1N. The molecule has 0 saturated carbocycles. The van der Waals surface area contributed by atoms with Gasteiger partial charge in [0.1, 0.15) is 5.69 Å². The van der Waals surface area contributed by atoms with Gasteiger partial charge in [0.05, 0.1) is 16.8 Å². The number of aromatic nitrogens is 2. The molecule has 0 saturated heterocycles. The monoisotopic (exact) mass is 346 g/mol. The molecule has 1 aromatic heterocycles. The van der Waals surface area contributed by atoms with Gasteiger partial charge in [0.25, 0.3) is 0 Å². The highest BCUT2D eigenvalue weighted by molar-refractivity contribution is 5.98. The van der Waals surface area contributed by atoms with Crippen LogP contribution in [0.4, 0.5) is 15.9 Å². The third-order valence-corrected chi connectivity index (χ3v) is 4.35. The minimum atomic E-state index is -0.779. The van der Waals surface area contributed by atoms with Gasteiger partial charge in [0.2, 0.25) is 0 Å². The van der Waals surface area contributed by atoms with Gasteiger partial charge in [-0.25, -0.2) is 0 Å². The second-order valence-corrected chi connectivity index (χ2v) is 5.95. The standard InChI is InChI=1S/C20H15FN4O/c21-25-20(26)16-8-4-3-7-15(16)19(24-25)14-6-2-1-5-13(14)12-9-10-17(22)18(23)11-12/h1-11H,22-23H2. The van der Waals surface area contributed by atoms with E-state index in [0.717, 1.165) is 11.1 Å². The first-order valence-corrected chi connectivity index (χ1v) is 7.99. The van der Waals surface area contributed by atoms with Crippen molar-refractivity contribution in [3.8, 4) is 22.4 Å². The zero-order valence-electron chi connectivity index (χ0n) is 13.7. The molecule has 0 fully saturated rings. The van der Waals surface area contributed by atoms with E-state index in [9.17, 15) is 9.28 Å². The fourth-order valence-corrected chi connectivity index (χ4v) is 3.05. The highest BCUT2D eigenvalue weighted by Crippen LogP contribution is 2.35. The quantitative estimate of drug-likeness (QED) is 0.543. The molecule has 3 aromatic carbocycles. The Morgan fingerprint density at radius 1 is 0.808 bits per heavy atom. The Labute approximate surface area is 148 Å². The smallest absolute Gasteiger partial charge is 0.305 e. The molecule has 4 rings (SSSR count). The number of halogens is 1. The van der Waals surface area contributed by atoms with Gasteiger partial charge in [0, 0.05) is 10.9 Å². The largest absolute Gasteiger partial charge is 0.397 e. The molecule has 0 aliphatic carbocycles. The fraction of sp³-hybridized carbons (Fsp3) is 0. The number of anilines is 2. The van der Waals surface area contributed by atoms with Crippen molar-refractivity contribution in [2.45, 2.75) is 0 Å². The summed E-state index contributed by atoms with van der Waals surface area (Å²) in [6.45, 7) is 0. The number of rotatable bonds is 2. The second-order valence-electron chi connectivity index (χ2n) is 5.95. The Morgan fingerprint density at radius 2 is 1.46 bits per heavy atom. The van der Waals surface area contributed by atoms with E-state index < -0.39 is 5.56 Å². The highest BCUT2D eigenvalue weighted by Gasteiger charge is 2.15. The van der Waals surface area contributed by atoms with Gasteiger partial charge >= 0.3 is 5.56 Å². The van der Waals surface area contributed by atoms with Crippen molar-refractivity contribution >= 4 is 22.1 Å². The molecule has 0 spiro atoms. The number of hydrogen-bond donors (Lipinski definition) is 2. The van der Waals surface area contributed by atoms with Crippen molar-refractivity contribution in [1.29, 1.82) is 0 Å². The number of nitrogens with two attached hydrogens (primary N) is 2. The summed E-state index contributed by atoms with van der Waals surface area (Å²) >= 11 is 0. The zero-order valence-corrected chi connectivity index (χ0v) is 13.7. The van der Waals surface area contributed by atoms with E-state index in [2.05, 4.69) is 5.10 Å². The number of hydrogen-bond acceptors (Lipinski definition) is 4. The first-order valence-electron chi connectivity index (χ1n) is 7.99. The summed E-state index contributed by atoms with van der Waals surface area (Å²) in [5.41, 5.74) is 14.6. The molecular formula is C20H15FN4O. The molecule has 0 aliphatic heterocycles. The second kappa shape index (κ2) is 6.00. The predicted molar refractivity (Wildman–Crippen MR) is 102 cm³/mol. The van der Waals surface area contributed by atoms with Crippen LogP contribution in [-0.2, 0) is 0 Å². The number of nitrogens with zero attached hydrogens (tertiary/aromatic N) is 2. The maximum absolute atomic E-state index is 14.1. The summed E-state index contributed by atoms with van der Waals surface area (Å²) in [4.78, 5) is 11.9. The minimum Gasteiger partial charge on any atom is -0.397 e. The van der Waals surface area contributed by atoms with Crippen LogP contribution in [-0.4, -0.2) is 10.0 Å². The third-order valence-electron chi connectivity index (χ3n) is 4.35. The van der Waals surface area contributed by atoms with Crippen LogP contribution in [0.5, 0.6) is 0 Å². The zero-order chi connectivity index (χ0) is 18.3. The Morgan fingerprint density at radius 3 is 2.19 bits per heavy atom. The molecule has 0 aliphatic rings. The highest BCUT2D eigenvalue weighted by atomic mass is 19.2. The van der Waals surface area contributed by atoms with Gasteiger partial charge in [0.15, 0.2) is 0 Å². The molecule has 1 heterocycles. The van der Waals surface area contributed by atoms with Crippen LogP contribution in [0.2, 0.25) is 0 Å². The number of benzene rings is 3. The fourth-order valence-electron chi connectivity index (χ4n) is 3.05. The van der Waals surface area contributed by atoms with Crippen LogP contribution in [0.25, 0.3) is 33.2 Å². The van der Waals surface area contributed by atoms with E-state index >= 15 is 0 Å². The van der Waals surface area contributed by atoms with Crippen molar-refractivity contribution in [1.82, 2.24) is 10.0 Å². The van der Waals surface area contributed by atoms with Gasteiger partial charge in [-0.2, -0.15) is 0 Å². The Hall–Kier alpha value is -3.67. The lowest BCUT2D eigenvalue weighted by Crippen LogP contribution is -2.17. The van der Waals surface area contributed by atoms with Crippen LogP contribution in [0.3, 0.4) is 0 Å². The molecule has 4 N–H and O–H groups in total. The Balaban J connectivity index is 2.04. The van der Waals surface area contributed by atoms with Crippen LogP contribution < -0.4 is 17.0 Å². The maximum Gasteiger partial charge on any atom is 0.305 e. The van der Waals surface area contributed by atoms with Crippen molar-refractivity contribution in [3.05, 3.63) is 77.1 Å². The molecule has 128 valence electrons. The van der Waals surface area contributed by atoms with E-state index in [4.69, 9.17) is 11.5 Å². The van der Waals surface area contributed by atoms with Crippen LogP contribution in [0.1, 0.15) is 0 Å². The van der Waals surface area contributed by atoms with E-state index in [1.807, 2.05) is 30.3 Å². The van der Waals surface area contributed by atoms with Crippen molar-refractivity contribution in [2.75, 3.05) is 11.5 Å². The van der Waals surface area contributed by atoms with Gasteiger partial charge in [-0.1, -0.05) is 57.9 Å². The van der Waals surface area contributed by atoms with Gasteiger partial charge in [-0.3, -0.25) is 4.79 Å². The van der Waals surface area contributed by atoms with Crippen LogP contribution >= 0.6 is 0 Å². The molecule has 0 atom stereocenters. The Bertz CT molecular complexity index is 1200. The molecule has 5 nitrogen and oxygen atoms in total. The molecule has 4 aromatic rings. The van der Waals surface area contributed by atoms with Crippen molar-refractivity contribution in [2.24, 2.45) is 0 Å². The van der Waals surface area contributed by atoms with E-state index in [0.29, 0.717) is 28.0 Å². The van der Waals surface area contributed by atoms with Gasteiger partial charge < -0.3 is 11.5 Å². The normalized spacial score (nSPS) is 11.0. The molecule has 0 unspecified atom stereocenters. The lowest BCUT2D eigenvalue weighted by molar-refractivity contribution is 0.300. The Kier molecular flexibility index (Phi) is 3.65. The average Bonchev–Trinajstić information content (AvgIpc) is 2.67. The molecule has 0 radical (unpaired) electrons. The average molecular weight is 346 g/mol. The maximum atomic E-state index is 14.1. The van der Waals surface area contributed by atoms with Crippen molar-refractivity contribution < 1.29 is 4.48 Å². The van der Waals surface area contributed by atoms with Crippen molar-refractivity contribution in [3.63, 3.8) is 0 Å². The lowest BCUT2D eigenvalue weighted by atomic mass is 9.95.